The molecule has 1 N–H and O–H groups in total. The summed E-state index contributed by atoms with van der Waals surface area (Å²) in [7, 11) is 3.63. The van der Waals surface area contributed by atoms with Gasteiger partial charge in [-0.1, -0.05) is 0 Å². The molecule has 0 bridgehead atoms. The smallest absolute Gasteiger partial charge is 0.303 e. The van der Waals surface area contributed by atoms with Crippen molar-refractivity contribution in [1.82, 2.24) is 0 Å². The number of carbonyl (C=O) groups is 1. The van der Waals surface area contributed by atoms with Crippen LogP contribution in [0.3, 0.4) is 0 Å². The Hall–Kier alpha value is -1.23. The van der Waals surface area contributed by atoms with E-state index in [1.807, 2.05) is 25.2 Å². The van der Waals surface area contributed by atoms with Crippen LogP contribution in [-0.4, -0.2) is 31.8 Å². The van der Waals surface area contributed by atoms with Gasteiger partial charge in [-0.25, -0.2) is 0 Å². The number of nitrogens with zero attached hydrogens (tertiary/aromatic N) is 1. The number of anilines is 1. The minimum absolute atomic E-state index is 0.236. The quantitative estimate of drug-likeness (QED) is 0.785. The molecule has 0 atom stereocenters. The van der Waals surface area contributed by atoms with E-state index in [1.165, 1.54) is 0 Å². The van der Waals surface area contributed by atoms with Gasteiger partial charge in [0.05, 0.1) is 11.6 Å². The zero-order valence-corrected chi connectivity index (χ0v) is 12.2. The fourth-order valence-electron chi connectivity index (χ4n) is 1.65. The van der Waals surface area contributed by atoms with Gasteiger partial charge in [0.1, 0.15) is 5.75 Å². The molecule has 0 saturated heterocycles. The Morgan fingerprint density at radius 1 is 1.44 bits per heavy atom. The Bertz CT molecular complexity index is 409. The summed E-state index contributed by atoms with van der Waals surface area (Å²) in [5, 5.41) is 8.56. The molecule has 0 unspecified atom stereocenters. The second-order valence-electron chi connectivity index (χ2n) is 4.09. The molecule has 0 spiro atoms. The van der Waals surface area contributed by atoms with E-state index in [-0.39, 0.29) is 6.42 Å². The molecule has 4 nitrogen and oxygen atoms in total. The van der Waals surface area contributed by atoms with E-state index in [0.717, 1.165) is 28.9 Å². The van der Waals surface area contributed by atoms with Crippen molar-refractivity contribution in [3.05, 3.63) is 22.7 Å². The standard InChI is InChI=1S/C13H18BrNO3/c1-15(8-4-3-5-13(16)17)10-6-7-12(18-2)11(14)9-10/h6-7,9H,3-5,8H2,1-2H3,(H,16,17). The molecule has 0 aliphatic rings. The van der Waals surface area contributed by atoms with E-state index < -0.39 is 5.97 Å². The van der Waals surface area contributed by atoms with Crippen molar-refractivity contribution in [3.8, 4) is 5.75 Å². The third-order valence-corrected chi connectivity index (χ3v) is 3.33. The number of halogens is 1. The number of unbranched alkanes of at least 4 members (excludes halogenated alkanes) is 1. The molecule has 0 aromatic heterocycles. The maximum absolute atomic E-state index is 10.4. The lowest BCUT2D eigenvalue weighted by atomic mass is 10.2. The molecular formula is C13H18BrNO3. The van der Waals surface area contributed by atoms with Crippen molar-refractivity contribution in [3.63, 3.8) is 0 Å². The van der Waals surface area contributed by atoms with Crippen LogP contribution in [0, 0.1) is 0 Å². The van der Waals surface area contributed by atoms with Crippen LogP contribution in [-0.2, 0) is 4.79 Å². The van der Waals surface area contributed by atoms with Gasteiger partial charge < -0.3 is 14.7 Å². The maximum atomic E-state index is 10.4. The van der Waals surface area contributed by atoms with Gasteiger partial charge in [-0.15, -0.1) is 0 Å². The first kappa shape index (κ1) is 14.8. The van der Waals surface area contributed by atoms with Gasteiger partial charge in [-0.2, -0.15) is 0 Å². The lowest BCUT2D eigenvalue weighted by molar-refractivity contribution is -0.137. The number of carboxylic acids is 1. The zero-order valence-electron chi connectivity index (χ0n) is 10.6. The molecule has 0 fully saturated rings. The molecule has 100 valence electrons. The molecule has 0 amide bonds. The highest BCUT2D eigenvalue weighted by Gasteiger charge is 2.05. The second-order valence-corrected chi connectivity index (χ2v) is 4.95. The summed E-state index contributed by atoms with van der Waals surface area (Å²) in [5.41, 5.74) is 1.08. The van der Waals surface area contributed by atoms with Crippen LogP contribution in [0.5, 0.6) is 5.75 Å². The van der Waals surface area contributed by atoms with Gasteiger partial charge >= 0.3 is 5.97 Å². The Morgan fingerprint density at radius 2 is 2.17 bits per heavy atom. The first-order chi connectivity index (χ1) is 8.54. The Balaban J connectivity index is 2.48. The topological polar surface area (TPSA) is 49.8 Å². The highest BCUT2D eigenvalue weighted by Crippen LogP contribution is 2.29. The first-order valence-electron chi connectivity index (χ1n) is 5.81. The monoisotopic (exact) mass is 315 g/mol. The van der Waals surface area contributed by atoms with Crippen LogP contribution in [0.1, 0.15) is 19.3 Å². The predicted molar refractivity (Wildman–Crippen MR) is 75.5 cm³/mol. The predicted octanol–water partition coefficient (Wildman–Crippen LogP) is 3.15. The summed E-state index contributed by atoms with van der Waals surface area (Å²) < 4.78 is 6.09. The van der Waals surface area contributed by atoms with Gasteiger partial charge in [0.2, 0.25) is 0 Å². The number of aliphatic carboxylic acids is 1. The summed E-state index contributed by atoms with van der Waals surface area (Å²) in [6.45, 7) is 0.839. The number of ether oxygens (including phenoxy) is 1. The fourth-order valence-corrected chi connectivity index (χ4v) is 2.18. The molecule has 18 heavy (non-hydrogen) atoms. The van der Waals surface area contributed by atoms with Crippen molar-refractivity contribution in [1.29, 1.82) is 0 Å². The lowest BCUT2D eigenvalue weighted by Gasteiger charge is -2.20. The first-order valence-corrected chi connectivity index (χ1v) is 6.60. The number of rotatable bonds is 7. The molecule has 0 aliphatic carbocycles. The molecule has 1 rings (SSSR count). The van der Waals surface area contributed by atoms with Gasteiger partial charge in [0.15, 0.2) is 0 Å². The van der Waals surface area contributed by atoms with E-state index in [1.54, 1.807) is 7.11 Å². The maximum Gasteiger partial charge on any atom is 0.303 e. The SMILES string of the molecule is COc1ccc(N(C)CCCCC(=O)O)cc1Br. The molecular weight excluding hydrogens is 298 g/mol. The van der Waals surface area contributed by atoms with Gasteiger partial charge in [0, 0.05) is 25.7 Å². The molecule has 1 aromatic carbocycles. The largest absolute Gasteiger partial charge is 0.496 e. The minimum Gasteiger partial charge on any atom is -0.496 e. The van der Waals surface area contributed by atoms with Crippen molar-refractivity contribution >= 4 is 27.6 Å². The van der Waals surface area contributed by atoms with Crippen molar-refractivity contribution in [2.45, 2.75) is 19.3 Å². The highest BCUT2D eigenvalue weighted by molar-refractivity contribution is 9.10. The molecule has 1 aromatic rings. The molecule has 0 heterocycles. The Kier molecular flexibility index (Phi) is 5.98. The Morgan fingerprint density at radius 3 is 2.72 bits per heavy atom. The summed E-state index contributed by atoms with van der Waals surface area (Å²) in [5.74, 6) is 0.0721. The number of hydrogen-bond acceptors (Lipinski definition) is 3. The molecule has 5 heteroatoms. The van der Waals surface area contributed by atoms with Crippen LogP contribution in [0.25, 0.3) is 0 Å². The zero-order chi connectivity index (χ0) is 13.5. The van der Waals surface area contributed by atoms with E-state index in [4.69, 9.17) is 9.84 Å². The number of methoxy groups -OCH3 is 1. The van der Waals surface area contributed by atoms with E-state index in [2.05, 4.69) is 20.8 Å². The number of hydrogen-bond donors (Lipinski definition) is 1. The molecule has 0 aliphatic heterocycles. The van der Waals surface area contributed by atoms with E-state index in [9.17, 15) is 4.79 Å². The van der Waals surface area contributed by atoms with Crippen LogP contribution in [0.2, 0.25) is 0 Å². The van der Waals surface area contributed by atoms with Crippen LogP contribution in [0.4, 0.5) is 5.69 Å². The van der Waals surface area contributed by atoms with Crippen LogP contribution >= 0.6 is 15.9 Å². The third-order valence-electron chi connectivity index (χ3n) is 2.71. The summed E-state index contributed by atoms with van der Waals surface area (Å²) in [4.78, 5) is 12.5. The van der Waals surface area contributed by atoms with E-state index >= 15 is 0 Å². The van der Waals surface area contributed by atoms with Crippen molar-refractivity contribution < 1.29 is 14.6 Å². The fraction of sp³-hybridized carbons (Fsp3) is 0.462. The average molecular weight is 316 g/mol. The average Bonchev–Trinajstić information content (AvgIpc) is 2.34. The van der Waals surface area contributed by atoms with Gasteiger partial charge in [-0.05, 0) is 47.0 Å². The Labute approximate surface area is 116 Å². The highest BCUT2D eigenvalue weighted by atomic mass is 79.9. The van der Waals surface area contributed by atoms with E-state index in [0.29, 0.717) is 6.42 Å². The summed E-state index contributed by atoms with van der Waals surface area (Å²) in [6, 6.07) is 5.89. The number of carboxylic acid groups (broad SMARTS) is 1. The molecule has 0 radical (unpaired) electrons. The van der Waals surface area contributed by atoms with Gasteiger partial charge in [0.25, 0.3) is 0 Å². The number of benzene rings is 1. The second kappa shape index (κ2) is 7.26. The van der Waals surface area contributed by atoms with Gasteiger partial charge in [-0.3, -0.25) is 4.79 Å². The van der Waals surface area contributed by atoms with Crippen molar-refractivity contribution in [2.75, 3.05) is 25.6 Å². The summed E-state index contributed by atoms with van der Waals surface area (Å²) in [6.07, 6.45) is 1.81. The van der Waals surface area contributed by atoms with Crippen LogP contribution < -0.4 is 9.64 Å². The summed E-state index contributed by atoms with van der Waals surface area (Å²) >= 11 is 3.45. The lowest BCUT2D eigenvalue weighted by Crippen LogP contribution is -2.18. The van der Waals surface area contributed by atoms with Crippen molar-refractivity contribution in [2.24, 2.45) is 0 Å². The third kappa shape index (κ3) is 4.56. The normalized spacial score (nSPS) is 10.2. The van der Waals surface area contributed by atoms with Crippen LogP contribution in [0.15, 0.2) is 22.7 Å². The minimum atomic E-state index is -0.732. The molecule has 0 saturated carbocycles.